The zero-order valence-electron chi connectivity index (χ0n) is 19.6. The number of benzene rings is 1. The Bertz CT molecular complexity index is 1300. The maximum atomic E-state index is 13.1. The predicted octanol–water partition coefficient (Wildman–Crippen LogP) is 2.70. The van der Waals surface area contributed by atoms with Crippen molar-refractivity contribution in [2.45, 2.75) is 26.3 Å². The second-order valence-corrected chi connectivity index (χ2v) is 7.99. The number of aromatic nitrogens is 2. The van der Waals surface area contributed by atoms with Crippen LogP contribution in [0.2, 0.25) is 0 Å². The molecule has 3 aromatic rings. The SMILES string of the molecule is CCC(Nc1c(Nc2cccc(C(=O)N(C)C)c2O)c(=O)n(C)n(C)c1=O)c1ccc(C)o1. The molecule has 3 N–H and O–H groups in total. The number of carbonyl (C=O) groups is 1. The van der Waals surface area contributed by atoms with Crippen LogP contribution in [0.5, 0.6) is 5.75 Å². The molecule has 0 aliphatic heterocycles. The fraction of sp³-hybridized carbons (Fsp3) is 0.348. The van der Waals surface area contributed by atoms with E-state index in [0.717, 1.165) is 5.76 Å². The van der Waals surface area contributed by atoms with Crippen LogP contribution < -0.4 is 21.8 Å². The highest BCUT2D eigenvalue weighted by Gasteiger charge is 2.23. The van der Waals surface area contributed by atoms with E-state index in [0.29, 0.717) is 12.2 Å². The largest absolute Gasteiger partial charge is 0.505 e. The van der Waals surface area contributed by atoms with E-state index in [1.165, 1.54) is 40.5 Å². The summed E-state index contributed by atoms with van der Waals surface area (Å²) in [5.74, 6) is 0.641. The van der Waals surface area contributed by atoms with Gasteiger partial charge in [-0.1, -0.05) is 13.0 Å². The van der Waals surface area contributed by atoms with Crippen LogP contribution in [0.4, 0.5) is 17.1 Å². The lowest BCUT2D eigenvalue weighted by atomic mass is 10.1. The number of phenolic OH excluding ortho intramolecular Hbond substituents is 1. The van der Waals surface area contributed by atoms with Crippen LogP contribution in [0, 0.1) is 6.92 Å². The summed E-state index contributed by atoms with van der Waals surface area (Å²) in [6, 6.07) is 7.86. The number of anilines is 3. The lowest BCUT2D eigenvalue weighted by molar-refractivity contribution is 0.0824. The summed E-state index contributed by atoms with van der Waals surface area (Å²) < 4.78 is 8.08. The molecule has 1 amide bonds. The summed E-state index contributed by atoms with van der Waals surface area (Å²) in [5, 5.41) is 16.7. The average molecular weight is 456 g/mol. The number of furan rings is 1. The Morgan fingerprint density at radius 1 is 1.09 bits per heavy atom. The van der Waals surface area contributed by atoms with Crippen molar-refractivity contribution < 1.29 is 14.3 Å². The first kappa shape index (κ1) is 23.7. The lowest BCUT2D eigenvalue weighted by Gasteiger charge is -2.21. The van der Waals surface area contributed by atoms with Crippen molar-refractivity contribution in [2.24, 2.45) is 14.1 Å². The van der Waals surface area contributed by atoms with E-state index < -0.39 is 17.0 Å². The Balaban J connectivity index is 2.13. The Kier molecular flexibility index (Phi) is 6.66. The summed E-state index contributed by atoms with van der Waals surface area (Å²) >= 11 is 0. The maximum absolute atomic E-state index is 13.1. The average Bonchev–Trinajstić information content (AvgIpc) is 3.22. The number of nitrogens with zero attached hydrogens (tertiary/aromatic N) is 3. The molecule has 10 heteroatoms. The van der Waals surface area contributed by atoms with Gasteiger partial charge < -0.3 is 25.1 Å². The molecule has 0 fully saturated rings. The summed E-state index contributed by atoms with van der Waals surface area (Å²) in [5.41, 5.74) is -0.761. The first-order chi connectivity index (χ1) is 15.6. The number of para-hydroxylation sites is 1. The Labute approximate surface area is 191 Å². The van der Waals surface area contributed by atoms with Crippen molar-refractivity contribution >= 4 is 23.0 Å². The molecule has 0 bridgehead atoms. The molecule has 0 aliphatic carbocycles. The molecule has 33 heavy (non-hydrogen) atoms. The number of phenols is 1. The van der Waals surface area contributed by atoms with Gasteiger partial charge in [0.15, 0.2) is 5.75 Å². The first-order valence-electron chi connectivity index (χ1n) is 10.5. The molecule has 2 aromatic heterocycles. The maximum Gasteiger partial charge on any atom is 0.290 e. The molecule has 0 radical (unpaired) electrons. The summed E-state index contributed by atoms with van der Waals surface area (Å²) in [4.78, 5) is 40.0. The van der Waals surface area contributed by atoms with Gasteiger partial charge in [0, 0.05) is 28.2 Å². The van der Waals surface area contributed by atoms with Crippen LogP contribution in [0.15, 0.2) is 44.3 Å². The summed E-state index contributed by atoms with van der Waals surface area (Å²) in [7, 11) is 6.10. The van der Waals surface area contributed by atoms with E-state index in [2.05, 4.69) is 10.6 Å². The molecule has 176 valence electrons. The van der Waals surface area contributed by atoms with Crippen molar-refractivity contribution in [1.29, 1.82) is 0 Å². The van der Waals surface area contributed by atoms with Crippen LogP contribution in [0.25, 0.3) is 0 Å². The smallest absolute Gasteiger partial charge is 0.290 e. The van der Waals surface area contributed by atoms with Crippen LogP contribution in [0.1, 0.15) is 41.3 Å². The summed E-state index contributed by atoms with van der Waals surface area (Å²) in [6.45, 7) is 3.75. The molecule has 0 saturated heterocycles. The molecule has 1 unspecified atom stereocenters. The molecule has 2 heterocycles. The van der Waals surface area contributed by atoms with Crippen molar-refractivity contribution in [3.05, 3.63) is 68.1 Å². The third kappa shape index (κ3) is 4.50. The zero-order valence-corrected chi connectivity index (χ0v) is 19.6. The fourth-order valence-electron chi connectivity index (χ4n) is 3.44. The Morgan fingerprint density at radius 2 is 1.73 bits per heavy atom. The van der Waals surface area contributed by atoms with E-state index in [4.69, 9.17) is 4.42 Å². The van der Waals surface area contributed by atoms with Crippen molar-refractivity contribution in [3.63, 3.8) is 0 Å². The van der Waals surface area contributed by atoms with Gasteiger partial charge in [0.2, 0.25) is 0 Å². The molecule has 0 aliphatic rings. The third-order valence-corrected chi connectivity index (χ3v) is 5.48. The molecule has 1 aromatic carbocycles. The number of aryl methyl sites for hydroxylation is 1. The summed E-state index contributed by atoms with van der Waals surface area (Å²) in [6.07, 6.45) is 0.586. The van der Waals surface area contributed by atoms with Crippen molar-refractivity contribution in [2.75, 3.05) is 24.7 Å². The van der Waals surface area contributed by atoms with E-state index in [9.17, 15) is 19.5 Å². The van der Waals surface area contributed by atoms with Crippen LogP contribution in [0.3, 0.4) is 0 Å². The molecule has 0 saturated carbocycles. The number of aromatic hydroxyl groups is 1. The Hall–Kier alpha value is -3.95. The highest BCUT2D eigenvalue weighted by Crippen LogP contribution is 2.32. The number of carbonyl (C=O) groups excluding carboxylic acids is 1. The van der Waals surface area contributed by atoms with E-state index in [-0.39, 0.29) is 34.4 Å². The second kappa shape index (κ2) is 9.27. The second-order valence-electron chi connectivity index (χ2n) is 7.99. The minimum Gasteiger partial charge on any atom is -0.505 e. The molecule has 10 nitrogen and oxygen atoms in total. The van der Waals surface area contributed by atoms with Crippen molar-refractivity contribution in [1.82, 2.24) is 14.3 Å². The normalized spacial score (nSPS) is 11.8. The molecule has 3 rings (SSSR count). The van der Waals surface area contributed by atoms with Gasteiger partial charge >= 0.3 is 0 Å². The van der Waals surface area contributed by atoms with E-state index in [1.807, 2.05) is 26.0 Å². The van der Waals surface area contributed by atoms with Gasteiger partial charge in [0.05, 0.1) is 17.3 Å². The minimum atomic E-state index is -0.492. The molecular formula is C23H29N5O5. The third-order valence-electron chi connectivity index (χ3n) is 5.48. The van der Waals surface area contributed by atoms with Gasteiger partial charge in [0.25, 0.3) is 17.0 Å². The number of rotatable bonds is 7. The topological polar surface area (TPSA) is 122 Å². The van der Waals surface area contributed by atoms with Gasteiger partial charge in [-0.3, -0.25) is 14.4 Å². The van der Waals surface area contributed by atoms with Gasteiger partial charge in [-0.15, -0.1) is 0 Å². The Morgan fingerprint density at radius 3 is 2.27 bits per heavy atom. The molecular weight excluding hydrogens is 426 g/mol. The van der Waals surface area contributed by atoms with Crippen LogP contribution >= 0.6 is 0 Å². The monoisotopic (exact) mass is 455 g/mol. The van der Waals surface area contributed by atoms with Gasteiger partial charge in [-0.25, -0.2) is 9.36 Å². The van der Waals surface area contributed by atoms with Crippen LogP contribution in [-0.2, 0) is 14.1 Å². The van der Waals surface area contributed by atoms with Gasteiger partial charge in [0.1, 0.15) is 22.9 Å². The molecule has 0 spiro atoms. The van der Waals surface area contributed by atoms with E-state index in [1.54, 1.807) is 20.2 Å². The fourth-order valence-corrected chi connectivity index (χ4v) is 3.44. The standard InChI is InChI=1S/C23H29N5O5/c1-7-15(17-12-11-13(2)33-17)24-18-19(23(32)28(6)27(5)22(18)31)25-16-10-8-9-14(20(16)29)21(30)26(3)4/h8-12,15,24-25,29H,7H2,1-6H3. The van der Waals surface area contributed by atoms with Crippen LogP contribution in [-0.4, -0.2) is 39.4 Å². The van der Waals surface area contributed by atoms with E-state index >= 15 is 0 Å². The highest BCUT2D eigenvalue weighted by molar-refractivity contribution is 5.98. The highest BCUT2D eigenvalue weighted by atomic mass is 16.3. The number of nitrogens with one attached hydrogen (secondary N) is 2. The molecule has 1 atom stereocenters. The van der Waals surface area contributed by atoms with Crippen molar-refractivity contribution in [3.8, 4) is 5.75 Å². The number of hydrogen-bond donors (Lipinski definition) is 3. The first-order valence-corrected chi connectivity index (χ1v) is 10.5. The lowest BCUT2D eigenvalue weighted by Crippen LogP contribution is -2.38. The number of amides is 1. The van der Waals surface area contributed by atoms with Gasteiger partial charge in [-0.2, -0.15) is 0 Å². The quantitative estimate of drug-likeness (QED) is 0.468. The zero-order chi connectivity index (χ0) is 24.4. The number of hydrogen-bond acceptors (Lipinski definition) is 7. The predicted molar refractivity (Wildman–Crippen MR) is 126 cm³/mol. The minimum absolute atomic E-state index is 0.0326. The van der Waals surface area contributed by atoms with Gasteiger partial charge in [-0.05, 0) is 37.6 Å².